The average molecular weight is 203 g/mol. The normalized spacial score (nSPS) is 32.8. The van der Waals surface area contributed by atoms with Crippen molar-refractivity contribution in [2.45, 2.75) is 25.2 Å². The summed E-state index contributed by atoms with van der Waals surface area (Å²) in [5.74, 6) is -0.939. The highest BCUT2D eigenvalue weighted by Gasteiger charge is 2.37. The molecule has 1 aliphatic heterocycles. The zero-order valence-corrected chi connectivity index (χ0v) is 7.77. The number of rotatable bonds is 2. The van der Waals surface area contributed by atoms with Gasteiger partial charge in [-0.3, -0.25) is 9.59 Å². The van der Waals surface area contributed by atoms with Crippen LogP contribution in [0.15, 0.2) is 0 Å². The molecule has 0 aromatic carbocycles. The van der Waals surface area contributed by atoms with E-state index in [1.54, 1.807) is 0 Å². The van der Waals surface area contributed by atoms with Gasteiger partial charge in [0.15, 0.2) is 5.78 Å². The summed E-state index contributed by atoms with van der Waals surface area (Å²) in [6.07, 6.45) is -2.28. The molecule has 3 N–H and O–H groups in total. The number of carbonyl (C=O) groups is 2. The van der Waals surface area contributed by atoms with Gasteiger partial charge in [0.25, 0.3) is 0 Å². The van der Waals surface area contributed by atoms with Gasteiger partial charge in [0.05, 0.1) is 19.3 Å². The topological polar surface area (TPSA) is 95.9 Å². The van der Waals surface area contributed by atoms with E-state index < -0.39 is 30.6 Å². The van der Waals surface area contributed by atoms with Crippen molar-refractivity contribution in [2.24, 2.45) is 0 Å². The molecule has 0 unspecified atom stereocenters. The van der Waals surface area contributed by atoms with Crippen molar-refractivity contribution >= 4 is 11.7 Å². The fourth-order valence-corrected chi connectivity index (χ4v) is 1.31. The Morgan fingerprint density at radius 2 is 2.36 bits per heavy atom. The van der Waals surface area contributed by atoms with Gasteiger partial charge in [0.1, 0.15) is 12.2 Å². The summed E-state index contributed by atoms with van der Waals surface area (Å²) < 4.78 is 4.95. The summed E-state index contributed by atoms with van der Waals surface area (Å²) >= 11 is 0. The number of nitrogens with one attached hydrogen (secondary N) is 1. The molecule has 1 rings (SSSR count). The van der Waals surface area contributed by atoms with Crippen LogP contribution in [0.5, 0.6) is 0 Å². The molecule has 1 amide bonds. The van der Waals surface area contributed by atoms with Gasteiger partial charge in [-0.25, -0.2) is 0 Å². The van der Waals surface area contributed by atoms with Crippen molar-refractivity contribution in [1.29, 1.82) is 0 Å². The number of carbonyl (C=O) groups excluding carboxylic acids is 2. The number of ketones is 1. The minimum Gasteiger partial charge on any atom is -0.393 e. The van der Waals surface area contributed by atoms with E-state index in [0.717, 1.165) is 0 Å². The lowest BCUT2D eigenvalue weighted by Crippen LogP contribution is -2.57. The SMILES string of the molecule is CC(=O)N[C@H]1CO[C@H](CO)C(=O)[C@@H]1O. The van der Waals surface area contributed by atoms with E-state index in [-0.39, 0.29) is 12.5 Å². The van der Waals surface area contributed by atoms with Crippen LogP contribution in [0.4, 0.5) is 0 Å². The molecule has 0 aromatic heterocycles. The molecule has 0 spiro atoms. The maximum atomic E-state index is 11.3. The first kappa shape index (κ1) is 11.1. The monoisotopic (exact) mass is 203 g/mol. The van der Waals surface area contributed by atoms with Gasteiger partial charge in [-0.05, 0) is 0 Å². The van der Waals surface area contributed by atoms with Crippen LogP contribution in [0.3, 0.4) is 0 Å². The summed E-state index contributed by atoms with van der Waals surface area (Å²) in [6, 6.07) is -0.720. The Morgan fingerprint density at radius 3 is 2.86 bits per heavy atom. The van der Waals surface area contributed by atoms with Crippen LogP contribution in [0.1, 0.15) is 6.92 Å². The second kappa shape index (κ2) is 4.50. The van der Waals surface area contributed by atoms with E-state index in [9.17, 15) is 14.7 Å². The summed E-state index contributed by atoms with van der Waals surface area (Å²) in [5.41, 5.74) is 0. The molecule has 1 fully saturated rings. The van der Waals surface area contributed by atoms with Crippen molar-refractivity contribution in [2.75, 3.05) is 13.2 Å². The standard InChI is InChI=1S/C8H13NO5/c1-4(11)9-5-3-14-6(2-10)8(13)7(5)12/h5-7,10,12H,2-3H2,1H3,(H,9,11)/t5-,6+,7+/m0/s1. The van der Waals surface area contributed by atoms with Gasteiger partial charge in [-0.1, -0.05) is 0 Å². The minimum absolute atomic E-state index is 0.0255. The van der Waals surface area contributed by atoms with Crippen molar-refractivity contribution in [3.05, 3.63) is 0 Å². The molecule has 3 atom stereocenters. The largest absolute Gasteiger partial charge is 0.393 e. The third-order valence-corrected chi connectivity index (χ3v) is 2.02. The first-order valence-electron chi connectivity index (χ1n) is 4.27. The van der Waals surface area contributed by atoms with Crippen molar-refractivity contribution in [3.8, 4) is 0 Å². The van der Waals surface area contributed by atoms with Crippen LogP contribution >= 0.6 is 0 Å². The zero-order chi connectivity index (χ0) is 10.7. The predicted molar refractivity (Wildman–Crippen MR) is 45.4 cm³/mol. The molecule has 0 saturated carbocycles. The van der Waals surface area contributed by atoms with Crippen molar-refractivity contribution in [3.63, 3.8) is 0 Å². The first-order valence-corrected chi connectivity index (χ1v) is 4.27. The molecule has 0 aliphatic carbocycles. The van der Waals surface area contributed by atoms with Gasteiger partial charge in [-0.2, -0.15) is 0 Å². The third kappa shape index (κ3) is 2.28. The first-order chi connectivity index (χ1) is 6.56. The van der Waals surface area contributed by atoms with Crippen molar-refractivity contribution in [1.82, 2.24) is 5.32 Å². The fraction of sp³-hybridized carbons (Fsp3) is 0.750. The smallest absolute Gasteiger partial charge is 0.217 e. The van der Waals surface area contributed by atoms with E-state index in [4.69, 9.17) is 9.84 Å². The van der Waals surface area contributed by atoms with Crippen LogP contribution in [-0.4, -0.2) is 53.4 Å². The molecule has 0 bridgehead atoms. The Hall–Kier alpha value is -0.980. The Balaban J connectivity index is 2.59. The zero-order valence-electron chi connectivity index (χ0n) is 7.77. The quantitative estimate of drug-likeness (QED) is 0.474. The molecule has 6 heteroatoms. The van der Waals surface area contributed by atoms with Crippen LogP contribution in [-0.2, 0) is 14.3 Å². The predicted octanol–water partition coefficient (Wildman–Crippen LogP) is -2.19. The summed E-state index contributed by atoms with van der Waals surface area (Å²) in [6.45, 7) is 0.857. The third-order valence-electron chi connectivity index (χ3n) is 2.02. The fourth-order valence-electron chi connectivity index (χ4n) is 1.31. The lowest BCUT2D eigenvalue weighted by atomic mass is 10.0. The number of aliphatic hydroxyl groups excluding tert-OH is 2. The summed E-state index contributed by atoms with van der Waals surface area (Å²) in [4.78, 5) is 21.9. The van der Waals surface area contributed by atoms with Gasteiger partial charge in [0, 0.05) is 6.92 Å². The van der Waals surface area contributed by atoms with Gasteiger partial charge >= 0.3 is 0 Å². The van der Waals surface area contributed by atoms with Gasteiger partial charge in [-0.15, -0.1) is 0 Å². The second-order valence-corrected chi connectivity index (χ2v) is 3.16. The molecule has 1 saturated heterocycles. The van der Waals surface area contributed by atoms with E-state index in [0.29, 0.717) is 0 Å². The highest BCUT2D eigenvalue weighted by Crippen LogP contribution is 2.10. The Morgan fingerprint density at radius 1 is 1.71 bits per heavy atom. The molecular formula is C8H13NO5. The van der Waals surface area contributed by atoms with Crippen LogP contribution < -0.4 is 5.32 Å². The Labute approximate surface area is 80.9 Å². The number of aliphatic hydroxyl groups is 2. The molecule has 1 heterocycles. The second-order valence-electron chi connectivity index (χ2n) is 3.16. The van der Waals surface area contributed by atoms with E-state index >= 15 is 0 Å². The van der Waals surface area contributed by atoms with Crippen LogP contribution in [0.2, 0.25) is 0 Å². The highest BCUT2D eigenvalue weighted by atomic mass is 16.5. The number of hydrogen-bond acceptors (Lipinski definition) is 5. The van der Waals surface area contributed by atoms with E-state index in [2.05, 4.69) is 5.32 Å². The van der Waals surface area contributed by atoms with Gasteiger partial charge in [0.2, 0.25) is 5.91 Å². The minimum atomic E-state index is -1.30. The van der Waals surface area contributed by atoms with E-state index in [1.807, 2.05) is 0 Å². The molecular weight excluding hydrogens is 190 g/mol. The molecule has 0 radical (unpaired) electrons. The number of hydrogen-bond donors (Lipinski definition) is 3. The molecule has 1 aliphatic rings. The average Bonchev–Trinajstić information content (AvgIpc) is 2.13. The number of Topliss-reactive ketones (excluding diaryl/α,β-unsaturated/α-hetero) is 1. The Kier molecular flexibility index (Phi) is 3.56. The van der Waals surface area contributed by atoms with E-state index in [1.165, 1.54) is 6.92 Å². The summed E-state index contributed by atoms with van der Waals surface area (Å²) in [7, 11) is 0. The number of amides is 1. The lowest BCUT2D eigenvalue weighted by molar-refractivity contribution is -0.155. The number of ether oxygens (including phenoxy) is 1. The molecule has 14 heavy (non-hydrogen) atoms. The molecule has 80 valence electrons. The molecule has 0 aromatic rings. The highest BCUT2D eigenvalue weighted by molar-refractivity contribution is 5.89. The maximum Gasteiger partial charge on any atom is 0.217 e. The lowest BCUT2D eigenvalue weighted by Gasteiger charge is -2.31. The van der Waals surface area contributed by atoms with Gasteiger partial charge < -0.3 is 20.3 Å². The molecule has 6 nitrogen and oxygen atoms in total. The van der Waals surface area contributed by atoms with Crippen LogP contribution in [0, 0.1) is 0 Å². The maximum absolute atomic E-state index is 11.3. The Bertz CT molecular complexity index is 242. The van der Waals surface area contributed by atoms with Crippen LogP contribution in [0.25, 0.3) is 0 Å². The van der Waals surface area contributed by atoms with Crippen molar-refractivity contribution < 1.29 is 24.5 Å². The summed E-state index contributed by atoms with van der Waals surface area (Å²) in [5, 5.41) is 20.5.